The van der Waals surface area contributed by atoms with Gasteiger partial charge in [-0.3, -0.25) is 0 Å². The third-order valence-electron chi connectivity index (χ3n) is 3.11. The van der Waals surface area contributed by atoms with Crippen LogP contribution in [0.5, 0.6) is 5.75 Å². The molecule has 0 saturated heterocycles. The Bertz CT molecular complexity index is 645. The van der Waals surface area contributed by atoms with Crippen LogP contribution in [0.3, 0.4) is 0 Å². The average molecular weight is 338 g/mol. The normalized spacial score (nSPS) is 14.6. The smallest absolute Gasteiger partial charge is 0.118 e. The summed E-state index contributed by atoms with van der Waals surface area (Å²) in [4.78, 5) is 4.56. The van der Waals surface area contributed by atoms with Crippen molar-refractivity contribution in [3.05, 3.63) is 45.9 Å². The predicted octanol–water partition coefficient (Wildman–Crippen LogP) is 3.60. The van der Waals surface area contributed by atoms with Gasteiger partial charge in [-0.05, 0) is 45.4 Å². The van der Waals surface area contributed by atoms with Gasteiger partial charge in [0.1, 0.15) is 10.8 Å². The molecule has 120 valence electrons. The minimum Gasteiger partial charge on any atom is -0.497 e. The van der Waals surface area contributed by atoms with E-state index < -0.39 is 11.0 Å². The SMILES string of the molecule is COc1ccc([C@@H](NS(=O)C(C)(C)C)c2nc(C)cs2)cc1. The lowest BCUT2D eigenvalue weighted by atomic mass is 10.1. The molecule has 6 heteroatoms. The van der Waals surface area contributed by atoms with Crippen LogP contribution in [-0.4, -0.2) is 21.0 Å². The molecule has 1 N–H and O–H groups in total. The molecule has 1 aromatic carbocycles. The van der Waals surface area contributed by atoms with Crippen molar-refractivity contribution in [2.24, 2.45) is 0 Å². The fourth-order valence-electron chi connectivity index (χ4n) is 1.85. The van der Waals surface area contributed by atoms with Gasteiger partial charge in [0.25, 0.3) is 0 Å². The summed E-state index contributed by atoms with van der Waals surface area (Å²) >= 11 is 1.58. The summed E-state index contributed by atoms with van der Waals surface area (Å²) in [5, 5.41) is 2.92. The lowest BCUT2D eigenvalue weighted by molar-refractivity contribution is 0.414. The van der Waals surface area contributed by atoms with Gasteiger partial charge in [-0.15, -0.1) is 11.3 Å². The van der Waals surface area contributed by atoms with Crippen LogP contribution in [0.15, 0.2) is 29.6 Å². The van der Waals surface area contributed by atoms with Crippen LogP contribution in [0.1, 0.15) is 43.1 Å². The average Bonchev–Trinajstić information content (AvgIpc) is 2.90. The fraction of sp³-hybridized carbons (Fsp3) is 0.438. The number of aryl methyl sites for hydroxylation is 1. The van der Waals surface area contributed by atoms with E-state index in [1.54, 1.807) is 18.4 Å². The number of nitrogens with zero attached hydrogens (tertiary/aromatic N) is 1. The Hall–Kier alpha value is -1.24. The van der Waals surface area contributed by atoms with E-state index in [9.17, 15) is 4.21 Å². The standard InChI is InChI=1S/C16H22N2O2S2/c1-11-10-21-15(17-11)14(18-22(19)16(2,3)4)12-6-8-13(20-5)9-7-12/h6-10,14,18H,1-5H3/t14-,22?/m1/s1. The molecular formula is C16H22N2O2S2. The summed E-state index contributed by atoms with van der Waals surface area (Å²) in [7, 11) is 0.462. The summed E-state index contributed by atoms with van der Waals surface area (Å²) in [6.45, 7) is 7.82. The van der Waals surface area contributed by atoms with E-state index >= 15 is 0 Å². The number of hydrogen-bond donors (Lipinski definition) is 1. The first-order valence-corrected chi connectivity index (χ1v) is 9.08. The van der Waals surface area contributed by atoms with Crippen molar-refractivity contribution in [3.63, 3.8) is 0 Å². The maximum absolute atomic E-state index is 12.5. The number of rotatable bonds is 5. The fourth-order valence-corrected chi connectivity index (χ4v) is 3.61. The minimum absolute atomic E-state index is 0.190. The summed E-state index contributed by atoms with van der Waals surface area (Å²) in [6.07, 6.45) is 0. The Labute approximate surface area is 138 Å². The number of aromatic nitrogens is 1. The first-order valence-electron chi connectivity index (χ1n) is 7.05. The first kappa shape index (κ1) is 17.1. The van der Waals surface area contributed by atoms with Crippen LogP contribution in [0.2, 0.25) is 0 Å². The molecular weight excluding hydrogens is 316 g/mol. The Kier molecular flexibility index (Phi) is 5.36. The molecule has 4 nitrogen and oxygen atoms in total. The molecule has 0 spiro atoms. The molecule has 0 fully saturated rings. The van der Waals surface area contributed by atoms with Crippen molar-refractivity contribution in [2.75, 3.05) is 7.11 Å². The molecule has 0 saturated carbocycles. The Morgan fingerprint density at radius 2 is 1.91 bits per heavy atom. The number of nitrogens with one attached hydrogen (secondary N) is 1. The van der Waals surface area contributed by atoms with Crippen LogP contribution < -0.4 is 9.46 Å². The van der Waals surface area contributed by atoms with Gasteiger partial charge in [0.15, 0.2) is 0 Å². The molecule has 2 aromatic rings. The van der Waals surface area contributed by atoms with Gasteiger partial charge >= 0.3 is 0 Å². The quantitative estimate of drug-likeness (QED) is 0.906. The van der Waals surface area contributed by atoms with E-state index in [-0.39, 0.29) is 10.8 Å². The van der Waals surface area contributed by atoms with E-state index in [1.807, 2.05) is 57.3 Å². The van der Waals surface area contributed by atoms with E-state index in [2.05, 4.69) is 9.71 Å². The largest absolute Gasteiger partial charge is 0.497 e. The summed E-state index contributed by atoms with van der Waals surface area (Å²) < 4.78 is 20.6. The molecule has 0 amide bonds. The number of thiazole rings is 1. The van der Waals surface area contributed by atoms with E-state index in [0.29, 0.717) is 0 Å². The summed E-state index contributed by atoms with van der Waals surface area (Å²) in [5.41, 5.74) is 2.00. The van der Waals surface area contributed by atoms with Gasteiger partial charge in [-0.2, -0.15) is 0 Å². The monoisotopic (exact) mass is 338 g/mol. The number of ether oxygens (including phenoxy) is 1. The van der Waals surface area contributed by atoms with Crippen molar-refractivity contribution in [3.8, 4) is 5.75 Å². The van der Waals surface area contributed by atoms with Gasteiger partial charge in [-0.25, -0.2) is 13.9 Å². The molecule has 2 atom stereocenters. The van der Waals surface area contributed by atoms with Crippen molar-refractivity contribution < 1.29 is 8.95 Å². The van der Waals surface area contributed by atoms with Crippen molar-refractivity contribution in [1.82, 2.24) is 9.71 Å². The molecule has 2 rings (SSSR count). The molecule has 0 radical (unpaired) electrons. The number of hydrogen-bond acceptors (Lipinski definition) is 4. The molecule has 1 heterocycles. The third kappa shape index (κ3) is 4.15. The second kappa shape index (κ2) is 6.89. The highest BCUT2D eigenvalue weighted by Crippen LogP contribution is 2.28. The van der Waals surface area contributed by atoms with Gasteiger partial charge in [0, 0.05) is 11.1 Å². The molecule has 1 unspecified atom stereocenters. The van der Waals surface area contributed by atoms with E-state index in [4.69, 9.17) is 4.74 Å². The Morgan fingerprint density at radius 1 is 1.27 bits per heavy atom. The topological polar surface area (TPSA) is 51.2 Å². The second-order valence-electron chi connectivity index (χ2n) is 6.03. The second-order valence-corrected chi connectivity index (χ2v) is 8.92. The molecule has 1 aromatic heterocycles. The minimum atomic E-state index is -1.18. The van der Waals surface area contributed by atoms with E-state index in [0.717, 1.165) is 22.0 Å². The Balaban J connectivity index is 2.34. The molecule has 0 aliphatic carbocycles. The third-order valence-corrected chi connectivity index (χ3v) is 5.70. The highest BCUT2D eigenvalue weighted by atomic mass is 32.2. The van der Waals surface area contributed by atoms with Crippen molar-refractivity contribution in [1.29, 1.82) is 0 Å². The highest BCUT2D eigenvalue weighted by molar-refractivity contribution is 7.84. The molecule has 0 aliphatic rings. The van der Waals surface area contributed by atoms with E-state index in [1.165, 1.54) is 0 Å². The lowest BCUT2D eigenvalue weighted by Crippen LogP contribution is -2.36. The summed E-state index contributed by atoms with van der Waals surface area (Å²) in [5.74, 6) is 0.801. The van der Waals surface area contributed by atoms with Gasteiger partial charge in [0.05, 0.1) is 28.9 Å². The van der Waals surface area contributed by atoms with Crippen molar-refractivity contribution in [2.45, 2.75) is 38.5 Å². The lowest BCUT2D eigenvalue weighted by Gasteiger charge is -2.23. The van der Waals surface area contributed by atoms with Gasteiger partial charge in [-0.1, -0.05) is 12.1 Å². The van der Waals surface area contributed by atoms with Gasteiger partial charge < -0.3 is 4.74 Å². The zero-order valence-corrected chi connectivity index (χ0v) is 15.2. The number of methoxy groups -OCH3 is 1. The van der Waals surface area contributed by atoms with Crippen molar-refractivity contribution >= 4 is 22.3 Å². The zero-order valence-electron chi connectivity index (χ0n) is 13.5. The molecule has 0 aliphatic heterocycles. The van der Waals surface area contributed by atoms with Crippen LogP contribution in [0.4, 0.5) is 0 Å². The Morgan fingerprint density at radius 3 is 2.36 bits per heavy atom. The van der Waals surface area contributed by atoms with Crippen LogP contribution in [-0.2, 0) is 11.0 Å². The maximum atomic E-state index is 12.5. The van der Waals surface area contributed by atoms with Crippen LogP contribution in [0.25, 0.3) is 0 Å². The van der Waals surface area contributed by atoms with Crippen LogP contribution >= 0.6 is 11.3 Å². The highest BCUT2D eigenvalue weighted by Gasteiger charge is 2.26. The van der Waals surface area contributed by atoms with Crippen LogP contribution in [0, 0.1) is 6.92 Å². The number of benzene rings is 1. The summed E-state index contributed by atoms with van der Waals surface area (Å²) in [6, 6.07) is 7.58. The zero-order chi connectivity index (χ0) is 16.3. The predicted molar refractivity (Wildman–Crippen MR) is 92.7 cm³/mol. The van der Waals surface area contributed by atoms with Gasteiger partial charge in [0.2, 0.25) is 0 Å². The maximum Gasteiger partial charge on any atom is 0.118 e. The molecule has 0 bridgehead atoms. The first-order chi connectivity index (χ1) is 10.3. The molecule has 22 heavy (non-hydrogen) atoms.